The fraction of sp³-hybridized carbons (Fsp3) is 0.214. The summed E-state index contributed by atoms with van der Waals surface area (Å²) in [6.07, 6.45) is 1.61. The van der Waals surface area contributed by atoms with Gasteiger partial charge in [0.15, 0.2) is 5.65 Å². The van der Waals surface area contributed by atoms with Gasteiger partial charge in [0.05, 0.1) is 17.3 Å². The zero-order valence-electron chi connectivity index (χ0n) is 11.5. The normalized spacial score (nSPS) is 11.0. The van der Waals surface area contributed by atoms with Crippen molar-refractivity contribution in [2.75, 3.05) is 12.4 Å². The van der Waals surface area contributed by atoms with E-state index in [0.717, 1.165) is 11.1 Å². The average Bonchev–Trinajstić information content (AvgIpc) is 2.85. The Balaban J connectivity index is 2.37. The van der Waals surface area contributed by atoms with Gasteiger partial charge >= 0.3 is 0 Å². The molecule has 0 unspecified atom stereocenters. The highest BCUT2D eigenvalue weighted by Crippen LogP contribution is 2.31. The van der Waals surface area contributed by atoms with Gasteiger partial charge in [-0.25, -0.2) is 9.37 Å². The van der Waals surface area contributed by atoms with Gasteiger partial charge in [0, 0.05) is 12.6 Å². The molecule has 0 amide bonds. The van der Waals surface area contributed by atoms with Crippen LogP contribution in [0.15, 0.2) is 18.3 Å². The summed E-state index contributed by atoms with van der Waals surface area (Å²) in [5.74, 6) is 0.141. The summed E-state index contributed by atoms with van der Waals surface area (Å²) < 4.78 is 14.4. The number of hydrogen-bond acceptors (Lipinski definition) is 4. The maximum absolute atomic E-state index is 14.4. The van der Waals surface area contributed by atoms with E-state index in [4.69, 9.17) is 0 Å². The van der Waals surface area contributed by atoms with Gasteiger partial charge < -0.3 is 5.32 Å². The standard InChI is InChI=1S/C14H14FN5/c1-7-4-8(2)11(10(15)5-7)12-9-6-17-20-13(9)19-14(16-3)18-12/h4-6H,1-3H3,(H2,16,17,18,19,20). The van der Waals surface area contributed by atoms with Crippen LogP contribution < -0.4 is 5.32 Å². The van der Waals surface area contributed by atoms with E-state index < -0.39 is 0 Å². The van der Waals surface area contributed by atoms with Crippen molar-refractivity contribution in [2.24, 2.45) is 0 Å². The lowest BCUT2D eigenvalue weighted by atomic mass is 10.0. The molecule has 0 aliphatic heterocycles. The molecule has 0 aliphatic rings. The largest absolute Gasteiger partial charge is 0.357 e. The molecule has 20 heavy (non-hydrogen) atoms. The Kier molecular flexibility index (Phi) is 2.85. The van der Waals surface area contributed by atoms with E-state index in [-0.39, 0.29) is 5.82 Å². The quantitative estimate of drug-likeness (QED) is 0.752. The molecule has 0 spiro atoms. The van der Waals surface area contributed by atoms with Crippen molar-refractivity contribution in [1.82, 2.24) is 20.2 Å². The molecule has 102 valence electrons. The second-order valence-corrected chi connectivity index (χ2v) is 4.72. The van der Waals surface area contributed by atoms with Crippen LogP contribution >= 0.6 is 0 Å². The van der Waals surface area contributed by atoms with Gasteiger partial charge in [-0.2, -0.15) is 10.1 Å². The van der Waals surface area contributed by atoms with E-state index in [2.05, 4.69) is 25.5 Å². The highest BCUT2D eigenvalue weighted by Gasteiger charge is 2.17. The van der Waals surface area contributed by atoms with Crippen LogP contribution in [0.1, 0.15) is 11.1 Å². The lowest BCUT2D eigenvalue weighted by Gasteiger charge is -2.10. The van der Waals surface area contributed by atoms with Crippen molar-refractivity contribution in [2.45, 2.75) is 13.8 Å². The van der Waals surface area contributed by atoms with Gasteiger partial charge in [-0.15, -0.1) is 0 Å². The maximum Gasteiger partial charge on any atom is 0.225 e. The fourth-order valence-corrected chi connectivity index (χ4v) is 2.35. The summed E-state index contributed by atoms with van der Waals surface area (Å²) in [6.45, 7) is 3.74. The Bertz CT molecular complexity index is 770. The number of benzene rings is 1. The number of H-pyrrole nitrogens is 1. The van der Waals surface area contributed by atoms with Crippen molar-refractivity contribution in [3.05, 3.63) is 35.3 Å². The van der Waals surface area contributed by atoms with E-state index >= 15 is 0 Å². The smallest absolute Gasteiger partial charge is 0.225 e. The first kappa shape index (κ1) is 12.5. The minimum atomic E-state index is -0.286. The molecule has 2 N–H and O–H groups in total. The van der Waals surface area contributed by atoms with Crippen molar-refractivity contribution < 1.29 is 4.39 Å². The van der Waals surface area contributed by atoms with Crippen LogP contribution in [0.3, 0.4) is 0 Å². The lowest BCUT2D eigenvalue weighted by molar-refractivity contribution is 0.628. The molecule has 0 fully saturated rings. The number of aryl methyl sites for hydroxylation is 2. The summed E-state index contributed by atoms with van der Waals surface area (Å²) in [4.78, 5) is 8.64. The van der Waals surface area contributed by atoms with Gasteiger partial charge in [-0.1, -0.05) is 6.07 Å². The topological polar surface area (TPSA) is 66.5 Å². The molecule has 0 aliphatic carbocycles. The zero-order valence-corrected chi connectivity index (χ0v) is 11.5. The number of rotatable bonds is 2. The second-order valence-electron chi connectivity index (χ2n) is 4.72. The summed E-state index contributed by atoms with van der Waals surface area (Å²) in [5, 5.41) is 10.3. The van der Waals surface area contributed by atoms with Crippen LogP contribution in [0, 0.1) is 19.7 Å². The van der Waals surface area contributed by atoms with Crippen LogP contribution in [0.5, 0.6) is 0 Å². The SMILES string of the molecule is CNc1nc(-c2c(C)cc(C)cc2F)c2cn[nH]c2n1. The van der Waals surface area contributed by atoms with Crippen molar-refractivity contribution in [3.8, 4) is 11.3 Å². The molecule has 3 aromatic rings. The zero-order chi connectivity index (χ0) is 14.3. The van der Waals surface area contributed by atoms with E-state index in [1.54, 1.807) is 13.2 Å². The van der Waals surface area contributed by atoms with Crippen LogP contribution in [0.4, 0.5) is 10.3 Å². The Hall–Kier alpha value is -2.50. The molecule has 0 bridgehead atoms. The molecule has 1 aromatic carbocycles. The number of halogens is 1. The first-order valence-corrected chi connectivity index (χ1v) is 6.26. The molecule has 0 radical (unpaired) electrons. The number of nitrogens with zero attached hydrogens (tertiary/aromatic N) is 3. The first-order chi connectivity index (χ1) is 9.60. The molecule has 0 saturated heterocycles. The van der Waals surface area contributed by atoms with Gasteiger partial charge in [0.25, 0.3) is 0 Å². The Labute approximate surface area is 115 Å². The summed E-state index contributed by atoms with van der Waals surface area (Å²) in [7, 11) is 1.72. The summed E-state index contributed by atoms with van der Waals surface area (Å²) >= 11 is 0. The van der Waals surface area contributed by atoms with Crippen LogP contribution in [-0.2, 0) is 0 Å². The highest BCUT2D eigenvalue weighted by molar-refractivity contribution is 5.91. The number of nitrogens with one attached hydrogen (secondary N) is 2. The monoisotopic (exact) mass is 271 g/mol. The van der Waals surface area contributed by atoms with Gasteiger partial charge in [-0.05, 0) is 31.0 Å². The van der Waals surface area contributed by atoms with Gasteiger partial charge in [0.2, 0.25) is 5.95 Å². The van der Waals surface area contributed by atoms with Crippen LogP contribution in [0.25, 0.3) is 22.3 Å². The Morgan fingerprint density at radius 1 is 1.20 bits per heavy atom. The first-order valence-electron chi connectivity index (χ1n) is 6.26. The third kappa shape index (κ3) is 1.89. The number of fused-ring (bicyclic) bond motifs is 1. The molecular formula is C14H14FN5. The average molecular weight is 271 g/mol. The number of aromatic nitrogens is 4. The third-order valence-corrected chi connectivity index (χ3v) is 3.20. The second kappa shape index (κ2) is 4.56. The molecule has 0 atom stereocenters. The highest BCUT2D eigenvalue weighted by atomic mass is 19.1. The van der Waals surface area contributed by atoms with Gasteiger partial charge in [0.1, 0.15) is 5.82 Å². The van der Waals surface area contributed by atoms with Crippen molar-refractivity contribution in [3.63, 3.8) is 0 Å². The molecular weight excluding hydrogens is 257 g/mol. The molecule has 5 nitrogen and oxygen atoms in total. The molecule has 6 heteroatoms. The van der Waals surface area contributed by atoms with Crippen molar-refractivity contribution >= 4 is 17.0 Å². The maximum atomic E-state index is 14.4. The summed E-state index contributed by atoms with van der Waals surface area (Å²) in [6, 6.07) is 3.45. The molecule has 2 aromatic heterocycles. The third-order valence-electron chi connectivity index (χ3n) is 3.20. The van der Waals surface area contributed by atoms with Crippen LogP contribution in [0.2, 0.25) is 0 Å². The molecule has 2 heterocycles. The summed E-state index contributed by atoms with van der Waals surface area (Å²) in [5.41, 5.74) is 3.34. The van der Waals surface area contributed by atoms with E-state index in [1.165, 1.54) is 6.07 Å². The van der Waals surface area contributed by atoms with E-state index in [0.29, 0.717) is 28.2 Å². The van der Waals surface area contributed by atoms with E-state index in [9.17, 15) is 4.39 Å². The number of anilines is 1. The fourth-order valence-electron chi connectivity index (χ4n) is 2.35. The molecule has 3 rings (SSSR count). The Morgan fingerprint density at radius 3 is 2.70 bits per heavy atom. The predicted octanol–water partition coefficient (Wildman–Crippen LogP) is 2.82. The number of hydrogen-bond donors (Lipinski definition) is 2. The minimum absolute atomic E-state index is 0.286. The van der Waals surface area contributed by atoms with E-state index in [1.807, 2.05) is 19.9 Å². The lowest BCUT2D eigenvalue weighted by Crippen LogP contribution is -2.01. The van der Waals surface area contributed by atoms with Gasteiger partial charge in [-0.3, -0.25) is 5.10 Å². The minimum Gasteiger partial charge on any atom is -0.357 e. The molecule has 0 saturated carbocycles. The Morgan fingerprint density at radius 2 is 2.00 bits per heavy atom. The predicted molar refractivity (Wildman–Crippen MR) is 76.1 cm³/mol. The number of aromatic amines is 1. The van der Waals surface area contributed by atoms with Crippen molar-refractivity contribution in [1.29, 1.82) is 0 Å². The van der Waals surface area contributed by atoms with Crippen LogP contribution in [-0.4, -0.2) is 27.2 Å².